The summed E-state index contributed by atoms with van der Waals surface area (Å²) >= 11 is 3.16. The highest BCUT2D eigenvalue weighted by molar-refractivity contribution is 7.99. The van der Waals surface area contributed by atoms with Crippen LogP contribution >= 0.6 is 23.5 Å². The number of rotatable bonds is 8. The van der Waals surface area contributed by atoms with Crippen LogP contribution in [0.5, 0.6) is 5.75 Å². The molecule has 4 aromatic rings. The topological polar surface area (TPSA) is 63.6 Å². The molecule has 0 unspecified atom stereocenters. The number of hydrogen-bond donors (Lipinski definition) is 1. The molecule has 4 nitrogen and oxygen atoms in total. The number of sulfone groups is 1. The molecule has 0 amide bonds. The van der Waals surface area contributed by atoms with Crippen LogP contribution in [0.1, 0.15) is 11.1 Å². The number of benzene rings is 4. The van der Waals surface area contributed by atoms with Crippen LogP contribution in [0.25, 0.3) is 11.1 Å². The van der Waals surface area contributed by atoms with Gasteiger partial charge < -0.3 is 9.84 Å². The van der Waals surface area contributed by atoms with E-state index in [0.29, 0.717) is 5.75 Å². The Morgan fingerprint density at radius 1 is 0.771 bits per heavy atom. The minimum absolute atomic E-state index is 0.0543. The molecule has 0 saturated heterocycles. The summed E-state index contributed by atoms with van der Waals surface area (Å²) in [4.78, 5) is 3.53. The molecule has 1 N–H and O–H groups in total. The quantitative estimate of drug-likeness (QED) is 0.255. The van der Waals surface area contributed by atoms with E-state index >= 15 is 0 Å². The number of aliphatic hydroxyl groups excluding tert-OH is 1. The van der Waals surface area contributed by atoms with Crippen molar-refractivity contribution < 1.29 is 18.3 Å². The summed E-state index contributed by atoms with van der Waals surface area (Å²) in [5, 5.41) is 9.88. The Balaban J connectivity index is 1.58. The van der Waals surface area contributed by atoms with Crippen LogP contribution in [0.15, 0.2) is 109 Å². The zero-order chi connectivity index (χ0) is 25.0. The van der Waals surface area contributed by atoms with E-state index < -0.39 is 9.84 Å². The average molecular weight is 523 g/mol. The van der Waals surface area contributed by atoms with Gasteiger partial charge in [-0.05, 0) is 91.0 Å². The van der Waals surface area contributed by atoms with E-state index in [9.17, 15) is 13.5 Å². The third kappa shape index (κ3) is 5.59. The fraction of sp³-hybridized carbons (Fsp3) is 0.143. The molecular weight excluding hydrogens is 497 g/mol. The number of hydrogen-bond acceptors (Lipinski definition) is 6. The first-order valence-corrected chi connectivity index (χ1v) is 14.4. The lowest BCUT2D eigenvalue weighted by molar-refractivity contribution is 0.282. The molecule has 0 atom stereocenters. The van der Waals surface area contributed by atoms with Gasteiger partial charge in [0.25, 0.3) is 0 Å². The first-order chi connectivity index (χ1) is 16.8. The van der Waals surface area contributed by atoms with Gasteiger partial charge in [-0.15, -0.1) is 11.8 Å². The molecule has 0 aromatic heterocycles. The molecule has 0 aliphatic heterocycles. The van der Waals surface area contributed by atoms with Gasteiger partial charge in [0.2, 0.25) is 9.84 Å². The SMILES string of the molecule is COc1cc(Sc2ccc(S(=O)(=O)c3ccc(C)cc3)cc2)ccc1-c1ccc(SC)cc1CO. The number of thioether (sulfide) groups is 1. The maximum Gasteiger partial charge on any atom is 0.206 e. The zero-order valence-electron chi connectivity index (χ0n) is 19.7. The molecule has 0 heterocycles. The Morgan fingerprint density at radius 3 is 1.94 bits per heavy atom. The Labute approximate surface area is 215 Å². The summed E-state index contributed by atoms with van der Waals surface area (Å²) in [5.74, 6) is 0.708. The Bertz CT molecular complexity index is 1430. The number of methoxy groups -OCH3 is 1. The van der Waals surface area contributed by atoms with Crippen LogP contribution in [0.4, 0.5) is 0 Å². The molecular formula is C28H26O4S3. The predicted molar refractivity (Wildman–Crippen MR) is 143 cm³/mol. The molecule has 4 aromatic carbocycles. The van der Waals surface area contributed by atoms with Gasteiger partial charge in [-0.25, -0.2) is 8.42 Å². The number of aliphatic hydroxyl groups is 1. The van der Waals surface area contributed by atoms with E-state index in [1.54, 1.807) is 55.3 Å². The molecule has 0 fully saturated rings. The first kappa shape index (κ1) is 25.4. The minimum atomic E-state index is -3.56. The highest BCUT2D eigenvalue weighted by Gasteiger charge is 2.17. The van der Waals surface area contributed by atoms with Crippen molar-refractivity contribution in [2.24, 2.45) is 0 Å². The van der Waals surface area contributed by atoms with E-state index in [-0.39, 0.29) is 16.4 Å². The van der Waals surface area contributed by atoms with Gasteiger partial charge in [0, 0.05) is 20.2 Å². The van der Waals surface area contributed by atoms with Crippen LogP contribution < -0.4 is 4.74 Å². The van der Waals surface area contributed by atoms with E-state index in [1.807, 2.05) is 61.7 Å². The van der Waals surface area contributed by atoms with Crippen molar-refractivity contribution in [3.05, 3.63) is 96.1 Å². The maximum absolute atomic E-state index is 12.9. The molecule has 7 heteroatoms. The molecule has 35 heavy (non-hydrogen) atoms. The lowest BCUT2D eigenvalue weighted by Gasteiger charge is -2.14. The summed E-state index contributed by atoms with van der Waals surface area (Å²) in [6, 6.07) is 25.8. The largest absolute Gasteiger partial charge is 0.496 e. The average Bonchev–Trinajstić information content (AvgIpc) is 2.89. The summed E-state index contributed by atoms with van der Waals surface area (Å²) < 4.78 is 31.5. The van der Waals surface area contributed by atoms with E-state index in [0.717, 1.165) is 36.9 Å². The lowest BCUT2D eigenvalue weighted by Crippen LogP contribution is -2.01. The third-order valence-electron chi connectivity index (χ3n) is 5.65. The number of aryl methyl sites for hydroxylation is 1. The smallest absolute Gasteiger partial charge is 0.206 e. The van der Waals surface area contributed by atoms with Crippen molar-refractivity contribution in [2.45, 2.75) is 38.0 Å². The van der Waals surface area contributed by atoms with Crippen molar-refractivity contribution in [1.82, 2.24) is 0 Å². The van der Waals surface area contributed by atoms with Gasteiger partial charge in [-0.2, -0.15) is 0 Å². The molecule has 0 saturated carbocycles. The monoisotopic (exact) mass is 522 g/mol. The molecule has 4 rings (SSSR count). The van der Waals surface area contributed by atoms with E-state index in [1.165, 1.54) is 11.8 Å². The van der Waals surface area contributed by atoms with Crippen LogP contribution in [0.2, 0.25) is 0 Å². The van der Waals surface area contributed by atoms with Gasteiger partial charge in [-0.1, -0.05) is 35.5 Å². The van der Waals surface area contributed by atoms with Crippen molar-refractivity contribution in [1.29, 1.82) is 0 Å². The Hall–Kier alpha value is -2.71. The zero-order valence-corrected chi connectivity index (χ0v) is 22.1. The number of ether oxygens (including phenoxy) is 1. The molecule has 0 bridgehead atoms. The molecule has 0 spiro atoms. The Kier molecular flexibility index (Phi) is 7.91. The highest BCUT2D eigenvalue weighted by atomic mass is 32.2. The molecule has 0 radical (unpaired) electrons. The van der Waals surface area contributed by atoms with Crippen molar-refractivity contribution >= 4 is 33.4 Å². The normalized spacial score (nSPS) is 11.4. The standard InChI is InChI=1S/C28H26O4S3/c1-19-4-10-24(11-5-19)35(30,31)25-12-6-21(7-13-25)34-23-9-15-27(28(17-23)32-2)26-14-8-22(33-3)16-20(26)18-29/h4-17,29H,18H2,1-3H3. The van der Waals surface area contributed by atoms with Crippen LogP contribution in [-0.2, 0) is 16.4 Å². The first-order valence-electron chi connectivity index (χ1n) is 10.9. The summed E-state index contributed by atoms with van der Waals surface area (Å²) in [6.45, 7) is 1.87. The predicted octanol–water partition coefficient (Wildman–Crippen LogP) is 6.87. The maximum atomic E-state index is 12.9. The van der Waals surface area contributed by atoms with Crippen LogP contribution in [-0.4, -0.2) is 26.9 Å². The summed E-state index contributed by atoms with van der Waals surface area (Å²) in [6.07, 6.45) is 2.01. The second-order valence-corrected chi connectivity index (χ2v) is 11.9. The Morgan fingerprint density at radius 2 is 1.34 bits per heavy atom. The van der Waals surface area contributed by atoms with Crippen LogP contribution in [0, 0.1) is 6.92 Å². The fourth-order valence-electron chi connectivity index (χ4n) is 3.72. The molecule has 0 aliphatic carbocycles. The van der Waals surface area contributed by atoms with Gasteiger partial charge in [0.05, 0.1) is 23.5 Å². The van der Waals surface area contributed by atoms with Gasteiger partial charge in [0.15, 0.2) is 0 Å². The van der Waals surface area contributed by atoms with Gasteiger partial charge in [-0.3, -0.25) is 0 Å². The minimum Gasteiger partial charge on any atom is -0.496 e. The van der Waals surface area contributed by atoms with E-state index in [4.69, 9.17) is 4.74 Å². The third-order valence-corrected chi connectivity index (χ3v) is 9.16. The fourth-order valence-corrected chi connectivity index (χ4v) is 6.30. The summed E-state index contributed by atoms with van der Waals surface area (Å²) in [7, 11) is -1.92. The molecule has 0 aliphatic rings. The second-order valence-electron chi connectivity index (χ2n) is 7.93. The summed E-state index contributed by atoms with van der Waals surface area (Å²) in [5.41, 5.74) is 3.71. The van der Waals surface area contributed by atoms with Crippen molar-refractivity contribution in [3.63, 3.8) is 0 Å². The lowest BCUT2D eigenvalue weighted by atomic mass is 9.99. The van der Waals surface area contributed by atoms with Gasteiger partial charge >= 0.3 is 0 Å². The second kappa shape index (κ2) is 10.9. The van der Waals surface area contributed by atoms with Crippen molar-refractivity contribution in [3.8, 4) is 16.9 Å². The van der Waals surface area contributed by atoms with Crippen molar-refractivity contribution in [2.75, 3.05) is 13.4 Å². The van der Waals surface area contributed by atoms with Gasteiger partial charge in [0.1, 0.15) is 5.75 Å². The molecule has 180 valence electrons. The van der Waals surface area contributed by atoms with E-state index in [2.05, 4.69) is 0 Å². The van der Waals surface area contributed by atoms with Crippen LogP contribution in [0.3, 0.4) is 0 Å². The highest BCUT2D eigenvalue weighted by Crippen LogP contribution is 2.39.